The van der Waals surface area contributed by atoms with Crippen molar-refractivity contribution in [1.82, 2.24) is 5.32 Å². The molecule has 2 heteroatoms. The van der Waals surface area contributed by atoms with Crippen LogP contribution in [0.4, 0.5) is 0 Å². The molecule has 0 aliphatic heterocycles. The zero-order valence-electron chi connectivity index (χ0n) is 9.05. The highest BCUT2D eigenvalue weighted by molar-refractivity contribution is 4.80. The van der Waals surface area contributed by atoms with Crippen molar-refractivity contribution in [2.45, 2.75) is 57.5 Å². The Balaban J connectivity index is 2.34. The van der Waals surface area contributed by atoms with Gasteiger partial charge in [-0.15, -0.1) is 0 Å². The molecule has 0 heterocycles. The van der Waals surface area contributed by atoms with Gasteiger partial charge < -0.3 is 11.1 Å². The van der Waals surface area contributed by atoms with Crippen LogP contribution in [0.3, 0.4) is 0 Å². The predicted octanol–water partition coefficient (Wildman–Crippen LogP) is 1.89. The molecule has 0 saturated heterocycles. The molecule has 0 aromatic carbocycles. The van der Waals surface area contributed by atoms with Crippen molar-refractivity contribution in [2.75, 3.05) is 7.05 Å². The van der Waals surface area contributed by atoms with Crippen LogP contribution in [0.1, 0.15) is 45.4 Å². The number of nitrogens with two attached hydrogens (primary N) is 1. The lowest BCUT2D eigenvalue weighted by molar-refractivity contribution is 0.260. The van der Waals surface area contributed by atoms with Crippen LogP contribution < -0.4 is 11.1 Å². The van der Waals surface area contributed by atoms with Crippen molar-refractivity contribution < 1.29 is 0 Å². The lowest BCUT2D eigenvalue weighted by Crippen LogP contribution is -2.39. The van der Waals surface area contributed by atoms with Crippen LogP contribution >= 0.6 is 0 Å². The Labute approximate surface area is 82.3 Å². The van der Waals surface area contributed by atoms with Gasteiger partial charge in [-0.2, -0.15) is 0 Å². The van der Waals surface area contributed by atoms with E-state index >= 15 is 0 Å². The standard InChI is InChI=1S/C11H24N2/c1-9(12)8-11(13-2)10-6-4-3-5-7-10/h9-11,13H,3-8,12H2,1-2H3. The lowest BCUT2D eigenvalue weighted by Gasteiger charge is -2.31. The van der Waals surface area contributed by atoms with Crippen LogP contribution in [-0.4, -0.2) is 19.1 Å². The first-order chi connectivity index (χ1) is 6.24. The molecule has 0 bridgehead atoms. The van der Waals surface area contributed by atoms with E-state index in [1.807, 2.05) is 0 Å². The first kappa shape index (κ1) is 11.0. The van der Waals surface area contributed by atoms with Gasteiger partial charge in [-0.05, 0) is 39.2 Å². The highest BCUT2D eigenvalue weighted by Gasteiger charge is 2.22. The molecule has 1 aliphatic rings. The third kappa shape index (κ3) is 3.65. The highest BCUT2D eigenvalue weighted by Crippen LogP contribution is 2.27. The number of hydrogen-bond donors (Lipinski definition) is 2. The average molecular weight is 184 g/mol. The third-order valence-electron chi connectivity index (χ3n) is 3.22. The summed E-state index contributed by atoms with van der Waals surface area (Å²) in [5.74, 6) is 0.879. The molecule has 2 unspecified atom stereocenters. The maximum absolute atomic E-state index is 5.84. The Kier molecular flexibility index (Phi) is 4.74. The molecule has 1 rings (SSSR count). The Morgan fingerprint density at radius 2 is 1.92 bits per heavy atom. The van der Waals surface area contributed by atoms with E-state index in [0.717, 1.165) is 12.3 Å². The SMILES string of the molecule is CNC(CC(C)N)C1CCCCC1. The summed E-state index contributed by atoms with van der Waals surface area (Å²) in [7, 11) is 2.07. The number of hydrogen-bond acceptors (Lipinski definition) is 2. The number of nitrogens with one attached hydrogen (secondary N) is 1. The average Bonchev–Trinajstić information content (AvgIpc) is 2.15. The zero-order valence-corrected chi connectivity index (χ0v) is 9.05. The van der Waals surface area contributed by atoms with Gasteiger partial charge in [-0.25, -0.2) is 0 Å². The van der Waals surface area contributed by atoms with Crippen molar-refractivity contribution in [1.29, 1.82) is 0 Å². The molecule has 2 nitrogen and oxygen atoms in total. The van der Waals surface area contributed by atoms with Gasteiger partial charge in [0.15, 0.2) is 0 Å². The van der Waals surface area contributed by atoms with Gasteiger partial charge in [0.1, 0.15) is 0 Å². The molecule has 1 aliphatic carbocycles. The fourth-order valence-corrected chi connectivity index (χ4v) is 2.48. The predicted molar refractivity (Wildman–Crippen MR) is 57.7 cm³/mol. The van der Waals surface area contributed by atoms with E-state index in [1.165, 1.54) is 32.1 Å². The molecule has 78 valence electrons. The summed E-state index contributed by atoms with van der Waals surface area (Å²) < 4.78 is 0. The maximum atomic E-state index is 5.84. The van der Waals surface area contributed by atoms with Gasteiger partial charge in [0, 0.05) is 12.1 Å². The first-order valence-corrected chi connectivity index (χ1v) is 5.67. The van der Waals surface area contributed by atoms with Crippen molar-refractivity contribution in [3.8, 4) is 0 Å². The number of rotatable bonds is 4. The third-order valence-corrected chi connectivity index (χ3v) is 3.22. The van der Waals surface area contributed by atoms with Crippen LogP contribution in [0.2, 0.25) is 0 Å². The summed E-state index contributed by atoms with van der Waals surface area (Å²) >= 11 is 0. The van der Waals surface area contributed by atoms with E-state index in [4.69, 9.17) is 5.73 Å². The lowest BCUT2D eigenvalue weighted by atomic mass is 9.82. The van der Waals surface area contributed by atoms with E-state index in [2.05, 4.69) is 19.3 Å². The summed E-state index contributed by atoms with van der Waals surface area (Å²) in [6.45, 7) is 2.10. The van der Waals surface area contributed by atoms with Crippen LogP contribution in [0.15, 0.2) is 0 Å². The summed E-state index contributed by atoms with van der Waals surface area (Å²) in [4.78, 5) is 0. The summed E-state index contributed by atoms with van der Waals surface area (Å²) in [5, 5.41) is 3.42. The Morgan fingerprint density at radius 3 is 2.38 bits per heavy atom. The molecule has 0 aromatic rings. The van der Waals surface area contributed by atoms with E-state index in [9.17, 15) is 0 Å². The molecule has 0 radical (unpaired) electrons. The van der Waals surface area contributed by atoms with Gasteiger partial charge in [0.2, 0.25) is 0 Å². The molecular weight excluding hydrogens is 160 g/mol. The normalized spacial score (nSPS) is 24.2. The quantitative estimate of drug-likeness (QED) is 0.700. The van der Waals surface area contributed by atoms with Crippen LogP contribution in [0.25, 0.3) is 0 Å². The summed E-state index contributed by atoms with van der Waals surface area (Å²) in [6, 6.07) is 0.986. The van der Waals surface area contributed by atoms with Crippen LogP contribution in [0, 0.1) is 5.92 Å². The van der Waals surface area contributed by atoms with Crippen LogP contribution in [0.5, 0.6) is 0 Å². The van der Waals surface area contributed by atoms with Crippen molar-refractivity contribution in [3.05, 3.63) is 0 Å². The van der Waals surface area contributed by atoms with Gasteiger partial charge >= 0.3 is 0 Å². The second-order valence-electron chi connectivity index (χ2n) is 4.51. The minimum Gasteiger partial charge on any atom is -0.328 e. The largest absolute Gasteiger partial charge is 0.328 e. The highest BCUT2D eigenvalue weighted by atomic mass is 14.9. The molecule has 1 saturated carbocycles. The monoisotopic (exact) mass is 184 g/mol. The molecule has 13 heavy (non-hydrogen) atoms. The van der Waals surface area contributed by atoms with Crippen molar-refractivity contribution in [3.63, 3.8) is 0 Å². The van der Waals surface area contributed by atoms with E-state index < -0.39 is 0 Å². The van der Waals surface area contributed by atoms with Gasteiger partial charge in [-0.3, -0.25) is 0 Å². The van der Waals surface area contributed by atoms with Crippen molar-refractivity contribution >= 4 is 0 Å². The van der Waals surface area contributed by atoms with Gasteiger partial charge in [-0.1, -0.05) is 19.3 Å². The van der Waals surface area contributed by atoms with Gasteiger partial charge in [0.05, 0.1) is 0 Å². The molecule has 0 aromatic heterocycles. The fourth-order valence-electron chi connectivity index (χ4n) is 2.48. The van der Waals surface area contributed by atoms with E-state index in [1.54, 1.807) is 0 Å². The Bertz CT molecular complexity index is 128. The smallest absolute Gasteiger partial charge is 0.0107 e. The molecule has 1 fully saturated rings. The Hall–Kier alpha value is -0.0800. The zero-order chi connectivity index (χ0) is 9.68. The minimum atomic E-state index is 0.333. The van der Waals surface area contributed by atoms with Crippen LogP contribution in [-0.2, 0) is 0 Å². The molecular formula is C11H24N2. The molecule has 0 amide bonds. The van der Waals surface area contributed by atoms with Gasteiger partial charge in [0.25, 0.3) is 0 Å². The maximum Gasteiger partial charge on any atom is 0.0107 e. The molecule has 2 atom stereocenters. The fraction of sp³-hybridized carbons (Fsp3) is 1.00. The topological polar surface area (TPSA) is 38.0 Å². The van der Waals surface area contributed by atoms with E-state index in [-0.39, 0.29) is 0 Å². The second kappa shape index (κ2) is 5.61. The first-order valence-electron chi connectivity index (χ1n) is 5.67. The Morgan fingerprint density at radius 1 is 1.31 bits per heavy atom. The minimum absolute atomic E-state index is 0.333. The summed E-state index contributed by atoms with van der Waals surface area (Å²) in [5.41, 5.74) is 5.84. The van der Waals surface area contributed by atoms with Crippen molar-refractivity contribution in [2.24, 2.45) is 11.7 Å². The second-order valence-corrected chi connectivity index (χ2v) is 4.51. The molecule has 0 spiro atoms. The van der Waals surface area contributed by atoms with E-state index in [0.29, 0.717) is 12.1 Å². The summed E-state index contributed by atoms with van der Waals surface area (Å²) in [6.07, 6.45) is 8.20. The molecule has 3 N–H and O–H groups in total.